The number of rotatable bonds is 7. The van der Waals surface area contributed by atoms with Gasteiger partial charge in [0.1, 0.15) is 18.1 Å². The van der Waals surface area contributed by atoms with E-state index in [1.54, 1.807) is 43.5 Å². The van der Waals surface area contributed by atoms with Crippen LogP contribution in [0.25, 0.3) is 6.08 Å². The van der Waals surface area contributed by atoms with Crippen molar-refractivity contribution < 1.29 is 14.3 Å². The molecule has 0 aliphatic carbocycles. The Labute approximate surface area is 186 Å². The molecule has 3 nitrogen and oxygen atoms in total. The monoisotopic (exact) mass is 440 g/mol. The van der Waals surface area contributed by atoms with Gasteiger partial charge in [0, 0.05) is 21.2 Å². The molecule has 0 radical (unpaired) electrons. The van der Waals surface area contributed by atoms with Gasteiger partial charge in [-0.05, 0) is 85.1 Å². The molecule has 0 aliphatic heterocycles. The zero-order valence-electron chi connectivity index (χ0n) is 17.0. The number of ketones is 1. The molecule has 0 unspecified atom stereocenters. The van der Waals surface area contributed by atoms with Crippen LogP contribution in [0.4, 0.5) is 0 Å². The maximum Gasteiger partial charge on any atom is 0.185 e. The lowest BCUT2D eigenvalue weighted by molar-refractivity contribution is 0.104. The summed E-state index contributed by atoms with van der Waals surface area (Å²) < 4.78 is 11.4. The first-order valence-electron chi connectivity index (χ1n) is 9.42. The molecular formula is C25H22Cl2O3. The van der Waals surface area contributed by atoms with Crippen molar-refractivity contribution in [3.63, 3.8) is 0 Å². The summed E-state index contributed by atoms with van der Waals surface area (Å²) in [4.78, 5) is 12.3. The second-order valence-corrected chi connectivity index (χ2v) is 7.75. The summed E-state index contributed by atoms with van der Waals surface area (Å²) in [5.74, 6) is 1.38. The van der Waals surface area contributed by atoms with E-state index in [0.29, 0.717) is 17.2 Å². The first kappa shape index (κ1) is 21.9. The highest BCUT2D eigenvalue weighted by molar-refractivity contribution is 6.32. The van der Waals surface area contributed by atoms with Crippen molar-refractivity contribution in [3.8, 4) is 11.5 Å². The molecule has 0 spiro atoms. The highest BCUT2D eigenvalue weighted by Gasteiger charge is 2.08. The molecule has 0 bridgehead atoms. The largest absolute Gasteiger partial charge is 0.496 e. The molecule has 3 aromatic rings. The summed E-state index contributed by atoms with van der Waals surface area (Å²) in [6, 6.07) is 16.3. The second kappa shape index (κ2) is 9.84. The van der Waals surface area contributed by atoms with Crippen molar-refractivity contribution in [1.82, 2.24) is 0 Å². The Kier molecular flexibility index (Phi) is 7.20. The van der Waals surface area contributed by atoms with Crippen LogP contribution in [0.2, 0.25) is 10.0 Å². The van der Waals surface area contributed by atoms with Crippen LogP contribution in [0.15, 0.2) is 60.7 Å². The Bertz CT molecular complexity index is 1060. The minimum absolute atomic E-state index is 0.0904. The number of hydrogen-bond acceptors (Lipinski definition) is 3. The Morgan fingerprint density at radius 2 is 1.63 bits per heavy atom. The third-order valence-corrected chi connectivity index (χ3v) is 5.51. The topological polar surface area (TPSA) is 35.5 Å². The van der Waals surface area contributed by atoms with Crippen molar-refractivity contribution in [3.05, 3.63) is 98.5 Å². The van der Waals surface area contributed by atoms with Gasteiger partial charge >= 0.3 is 0 Å². The van der Waals surface area contributed by atoms with Gasteiger partial charge in [-0.2, -0.15) is 0 Å². The normalized spacial score (nSPS) is 11.0. The smallest absolute Gasteiger partial charge is 0.185 e. The molecule has 0 aromatic heterocycles. The van der Waals surface area contributed by atoms with Gasteiger partial charge < -0.3 is 9.47 Å². The van der Waals surface area contributed by atoms with E-state index in [4.69, 9.17) is 32.7 Å². The van der Waals surface area contributed by atoms with Gasteiger partial charge in [0.2, 0.25) is 0 Å². The van der Waals surface area contributed by atoms with E-state index in [-0.39, 0.29) is 5.78 Å². The molecular weight excluding hydrogens is 419 g/mol. The van der Waals surface area contributed by atoms with Crippen LogP contribution >= 0.6 is 23.2 Å². The molecule has 0 heterocycles. The lowest BCUT2D eigenvalue weighted by Crippen LogP contribution is -2.00. The maximum atomic E-state index is 12.3. The van der Waals surface area contributed by atoms with Gasteiger partial charge in [-0.15, -0.1) is 0 Å². The number of methoxy groups -OCH3 is 1. The number of halogens is 2. The van der Waals surface area contributed by atoms with Crippen LogP contribution in [0.5, 0.6) is 11.5 Å². The molecule has 30 heavy (non-hydrogen) atoms. The van der Waals surface area contributed by atoms with E-state index in [0.717, 1.165) is 38.8 Å². The average molecular weight is 441 g/mol. The fourth-order valence-electron chi connectivity index (χ4n) is 3.05. The highest BCUT2D eigenvalue weighted by atomic mass is 35.5. The molecule has 0 fully saturated rings. The third kappa shape index (κ3) is 5.44. The quantitative estimate of drug-likeness (QED) is 0.290. The minimum atomic E-state index is -0.0904. The van der Waals surface area contributed by atoms with Crippen LogP contribution in [-0.2, 0) is 6.61 Å². The highest BCUT2D eigenvalue weighted by Crippen LogP contribution is 2.28. The first-order valence-corrected chi connectivity index (χ1v) is 10.2. The van der Waals surface area contributed by atoms with Crippen LogP contribution in [-0.4, -0.2) is 12.9 Å². The van der Waals surface area contributed by atoms with Gasteiger partial charge in [-0.25, -0.2) is 0 Å². The van der Waals surface area contributed by atoms with Crippen molar-refractivity contribution in [2.45, 2.75) is 20.5 Å². The Hall–Kier alpha value is -2.75. The zero-order chi connectivity index (χ0) is 21.7. The molecule has 5 heteroatoms. The van der Waals surface area contributed by atoms with E-state index >= 15 is 0 Å². The SMILES string of the molecule is COc1ccc(/C=C/C(=O)c2ccc(Cl)cc2)cc1COc1cc(C)c(Cl)c(C)c1. The number of aryl methyl sites for hydroxylation is 2. The van der Waals surface area contributed by atoms with Gasteiger partial charge in [0.05, 0.1) is 7.11 Å². The predicted octanol–water partition coefficient (Wildman–Crippen LogP) is 7.09. The van der Waals surface area contributed by atoms with Crippen molar-refractivity contribution in [1.29, 1.82) is 0 Å². The Morgan fingerprint density at radius 1 is 0.967 bits per heavy atom. The minimum Gasteiger partial charge on any atom is -0.496 e. The zero-order valence-corrected chi connectivity index (χ0v) is 18.6. The number of carbonyl (C=O) groups is 1. The summed E-state index contributed by atoms with van der Waals surface area (Å²) in [5.41, 5.74) is 4.28. The molecule has 0 atom stereocenters. The summed E-state index contributed by atoms with van der Waals surface area (Å²) in [6.45, 7) is 4.23. The van der Waals surface area contributed by atoms with Gasteiger partial charge in [-0.1, -0.05) is 35.3 Å². The summed E-state index contributed by atoms with van der Waals surface area (Å²) in [5, 5.41) is 1.35. The Morgan fingerprint density at radius 3 is 2.27 bits per heavy atom. The van der Waals surface area contributed by atoms with Gasteiger partial charge in [-0.3, -0.25) is 4.79 Å². The van der Waals surface area contributed by atoms with E-state index in [1.807, 2.05) is 44.2 Å². The van der Waals surface area contributed by atoms with Crippen LogP contribution in [0.3, 0.4) is 0 Å². The summed E-state index contributed by atoms with van der Waals surface area (Å²) in [7, 11) is 1.62. The first-order chi connectivity index (χ1) is 14.4. The van der Waals surface area contributed by atoms with Gasteiger partial charge in [0.25, 0.3) is 0 Å². The van der Waals surface area contributed by atoms with Crippen molar-refractivity contribution >= 4 is 35.1 Å². The van der Waals surface area contributed by atoms with Crippen LogP contribution < -0.4 is 9.47 Å². The molecule has 0 aliphatic rings. The van der Waals surface area contributed by atoms with Crippen LogP contribution in [0.1, 0.15) is 32.6 Å². The number of allylic oxidation sites excluding steroid dienone is 1. The van der Waals surface area contributed by atoms with Gasteiger partial charge in [0.15, 0.2) is 5.78 Å². The van der Waals surface area contributed by atoms with E-state index in [9.17, 15) is 4.79 Å². The summed E-state index contributed by atoms with van der Waals surface area (Å²) >= 11 is 12.1. The lowest BCUT2D eigenvalue weighted by Gasteiger charge is -2.13. The molecule has 3 rings (SSSR count). The number of ether oxygens (including phenoxy) is 2. The third-order valence-electron chi connectivity index (χ3n) is 4.66. The number of benzene rings is 3. The number of hydrogen-bond donors (Lipinski definition) is 0. The average Bonchev–Trinajstić information content (AvgIpc) is 2.74. The van der Waals surface area contributed by atoms with Crippen LogP contribution in [0, 0.1) is 13.8 Å². The fourth-order valence-corrected chi connectivity index (χ4v) is 3.28. The van der Waals surface area contributed by atoms with Crippen molar-refractivity contribution in [2.24, 2.45) is 0 Å². The molecule has 0 N–H and O–H groups in total. The van der Waals surface area contributed by atoms with E-state index in [2.05, 4.69) is 0 Å². The van der Waals surface area contributed by atoms with E-state index in [1.165, 1.54) is 0 Å². The van der Waals surface area contributed by atoms with Crippen molar-refractivity contribution in [2.75, 3.05) is 7.11 Å². The number of carbonyl (C=O) groups excluding carboxylic acids is 1. The maximum absolute atomic E-state index is 12.3. The standard InChI is InChI=1S/C25H22Cl2O3/c1-16-12-22(13-17(2)25(16)27)30-15-20-14-18(5-11-24(20)29-3)4-10-23(28)19-6-8-21(26)9-7-19/h4-14H,15H2,1-3H3/b10-4+. The fraction of sp³-hybridized carbons (Fsp3) is 0.160. The second-order valence-electron chi connectivity index (χ2n) is 6.94. The molecule has 0 saturated carbocycles. The lowest BCUT2D eigenvalue weighted by atomic mass is 10.1. The molecule has 154 valence electrons. The molecule has 0 amide bonds. The van der Waals surface area contributed by atoms with E-state index < -0.39 is 0 Å². The molecule has 3 aromatic carbocycles. The Balaban J connectivity index is 1.76. The molecule has 0 saturated heterocycles. The summed E-state index contributed by atoms with van der Waals surface area (Å²) in [6.07, 6.45) is 3.32. The predicted molar refractivity (Wildman–Crippen MR) is 123 cm³/mol.